The number of amides is 1. The lowest BCUT2D eigenvalue weighted by Crippen LogP contribution is -2.32. The van der Waals surface area contributed by atoms with Crippen LogP contribution in [0.15, 0.2) is 52.0 Å². The Kier molecular flexibility index (Phi) is 7.94. The van der Waals surface area contributed by atoms with E-state index in [1.165, 1.54) is 11.5 Å². The zero-order chi connectivity index (χ0) is 19.8. The molecule has 0 atom stereocenters. The fraction of sp³-hybridized carbons (Fsp3) is 0.333. The lowest BCUT2D eigenvalue weighted by atomic mass is 10.1. The number of nitrogens with zero attached hydrogens (tertiary/aromatic N) is 2. The van der Waals surface area contributed by atoms with Crippen molar-refractivity contribution in [2.24, 2.45) is 5.10 Å². The zero-order valence-electron chi connectivity index (χ0n) is 15.9. The van der Waals surface area contributed by atoms with Crippen LogP contribution in [0.5, 0.6) is 5.75 Å². The summed E-state index contributed by atoms with van der Waals surface area (Å²) in [5, 5.41) is 4.11. The van der Waals surface area contributed by atoms with Gasteiger partial charge in [0.25, 0.3) is 0 Å². The summed E-state index contributed by atoms with van der Waals surface area (Å²) in [6.45, 7) is 3.05. The molecule has 1 heterocycles. The Balaban J connectivity index is 1.58. The van der Waals surface area contributed by atoms with E-state index in [4.69, 9.17) is 4.74 Å². The van der Waals surface area contributed by atoms with E-state index in [9.17, 15) is 4.79 Å². The number of ether oxygens (including phenoxy) is 1. The van der Waals surface area contributed by atoms with Crippen LogP contribution in [0.25, 0.3) is 0 Å². The van der Waals surface area contributed by atoms with E-state index in [1.807, 2.05) is 48.2 Å². The molecule has 7 heteroatoms. The Labute approximate surface area is 178 Å². The van der Waals surface area contributed by atoms with Crippen molar-refractivity contribution >= 4 is 39.8 Å². The Bertz CT molecular complexity index is 821. The van der Waals surface area contributed by atoms with Crippen molar-refractivity contribution in [1.29, 1.82) is 0 Å². The lowest BCUT2D eigenvalue weighted by molar-refractivity contribution is -0.120. The van der Waals surface area contributed by atoms with Crippen LogP contribution in [-0.4, -0.2) is 48.7 Å². The molecule has 28 heavy (non-hydrogen) atoms. The molecular weight excluding hydrogens is 438 g/mol. The highest BCUT2D eigenvalue weighted by atomic mass is 79.9. The quantitative estimate of drug-likeness (QED) is 0.504. The fourth-order valence-electron chi connectivity index (χ4n) is 3.01. The summed E-state index contributed by atoms with van der Waals surface area (Å²) in [6.07, 6.45) is 1.97. The van der Waals surface area contributed by atoms with Gasteiger partial charge in [-0.05, 0) is 41.5 Å². The lowest BCUT2D eigenvalue weighted by Gasteiger charge is -2.26. The Morgan fingerprint density at radius 3 is 2.71 bits per heavy atom. The van der Waals surface area contributed by atoms with Gasteiger partial charge in [-0.1, -0.05) is 28.1 Å². The summed E-state index contributed by atoms with van der Waals surface area (Å²) >= 11 is 5.39. The van der Waals surface area contributed by atoms with Crippen LogP contribution in [0.3, 0.4) is 0 Å². The third-order valence-electron chi connectivity index (χ3n) is 4.48. The van der Waals surface area contributed by atoms with Crippen LogP contribution >= 0.6 is 27.7 Å². The number of hydrogen-bond donors (Lipinski definition) is 1. The van der Waals surface area contributed by atoms with Gasteiger partial charge in [0.15, 0.2) is 0 Å². The van der Waals surface area contributed by atoms with Crippen LogP contribution in [0.4, 0.5) is 0 Å². The number of rotatable bonds is 7. The molecule has 0 unspecified atom stereocenters. The van der Waals surface area contributed by atoms with Crippen molar-refractivity contribution in [3.63, 3.8) is 0 Å². The fourth-order valence-corrected chi connectivity index (χ4v) is 4.25. The van der Waals surface area contributed by atoms with Gasteiger partial charge in [0.05, 0.1) is 19.7 Å². The van der Waals surface area contributed by atoms with E-state index in [-0.39, 0.29) is 5.91 Å². The molecule has 0 saturated carbocycles. The van der Waals surface area contributed by atoms with Crippen molar-refractivity contribution in [2.45, 2.75) is 13.0 Å². The number of thioether (sulfide) groups is 1. The second-order valence-corrected chi connectivity index (χ2v) is 8.70. The van der Waals surface area contributed by atoms with Gasteiger partial charge in [0, 0.05) is 41.2 Å². The second-order valence-electron chi connectivity index (χ2n) is 6.56. The van der Waals surface area contributed by atoms with Gasteiger partial charge in [-0.3, -0.25) is 9.69 Å². The Morgan fingerprint density at radius 1 is 1.25 bits per heavy atom. The summed E-state index contributed by atoms with van der Waals surface area (Å²) < 4.78 is 6.50. The minimum atomic E-state index is -0.141. The molecular formula is C21H24BrN3O2S. The first-order valence-electron chi connectivity index (χ1n) is 9.17. The van der Waals surface area contributed by atoms with E-state index in [1.54, 1.807) is 13.3 Å². The molecule has 1 aliphatic heterocycles. The monoisotopic (exact) mass is 461 g/mol. The predicted molar refractivity (Wildman–Crippen MR) is 119 cm³/mol. The molecule has 1 amide bonds. The molecule has 0 spiro atoms. The van der Waals surface area contributed by atoms with E-state index in [0.29, 0.717) is 6.42 Å². The molecule has 0 aromatic heterocycles. The topological polar surface area (TPSA) is 53.9 Å². The predicted octanol–water partition coefficient (Wildman–Crippen LogP) is 3.70. The average Bonchev–Trinajstić information content (AvgIpc) is 2.71. The molecule has 5 nitrogen and oxygen atoms in total. The number of hydrazone groups is 1. The smallest absolute Gasteiger partial charge is 0.244 e. The molecule has 1 N–H and O–H groups in total. The molecule has 148 valence electrons. The molecule has 0 aliphatic carbocycles. The van der Waals surface area contributed by atoms with Crippen molar-refractivity contribution in [2.75, 3.05) is 31.7 Å². The standard InChI is InChI=1S/C21H24BrN3O2S/c1-27-20-7-4-17(12-18(20)15-25-8-10-28-11-9-25)14-23-24-21(26)13-16-2-5-19(22)6-3-16/h2-7,12,14H,8-11,13,15H2,1H3,(H,24,26)/b23-14-. The van der Waals surface area contributed by atoms with Gasteiger partial charge < -0.3 is 4.74 Å². The van der Waals surface area contributed by atoms with Gasteiger partial charge in [-0.15, -0.1) is 0 Å². The first kappa shape index (κ1) is 20.9. The third-order valence-corrected chi connectivity index (χ3v) is 5.95. The number of hydrogen-bond acceptors (Lipinski definition) is 5. The first-order valence-corrected chi connectivity index (χ1v) is 11.1. The minimum absolute atomic E-state index is 0.141. The van der Waals surface area contributed by atoms with Gasteiger partial charge in [-0.25, -0.2) is 5.43 Å². The molecule has 0 bridgehead atoms. The number of halogens is 1. The van der Waals surface area contributed by atoms with E-state index >= 15 is 0 Å². The maximum Gasteiger partial charge on any atom is 0.244 e. The highest BCUT2D eigenvalue weighted by molar-refractivity contribution is 9.10. The molecule has 1 fully saturated rings. The van der Waals surface area contributed by atoms with Gasteiger partial charge in [0.1, 0.15) is 5.75 Å². The van der Waals surface area contributed by atoms with Crippen molar-refractivity contribution in [1.82, 2.24) is 10.3 Å². The molecule has 2 aromatic rings. The van der Waals surface area contributed by atoms with Crippen LogP contribution in [0.1, 0.15) is 16.7 Å². The van der Waals surface area contributed by atoms with Gasteiger partial charge in [-0.2, -0.15) is 16.9 Å². The molecule has 1 saturated heterocycles. The normalized spacial score (nSPS) is 14.9. The van der Waals surface area contributed by atoms with E-state index in [2.05, 4.69) is 37.4 Å². The number of nitrogens with one attached hydrogen (secondary N) is 1. The van der Waals surface area contributed by atoms with Crippen molar-refractivity contribution in [3.05, 3.63) is 63.6 Å². The number of methoxy groups -OCH3 is 1. The molecule has 0 radical (unpaired) electrons. The van der Waals surface area contributed by atoms with Crippen molar-refractivity contribution < 1.29 is 9.53 Å². The van der Waals surface area contributed by atoms with Gasteiger partial charge in [0.2, 0.25) is 5.91 Å². The SMILES string of the molecule is COc1ccc(/C=N\NC(=O)Cc2ccc(Br)cc2)cc1CN1CCSCC1. The maximum atomic E-state index is 12.1. The van der Waals surface area contributed by atoms with E-state index in [0.717, 1.165) is 46.5 Å². The van der Waals surface area contributed by atoms with Crippen LogP contribution in [0.2, 0.25) is 0 Å². The van der Waals surface area contributed by atoms with E-state index < -0.39 is 0 Å². The van der Waals surface area contributed by atoms with Crippen LogP contribution < -0.4 is 10.2 Å². The average molecular weight is 462 g/mol. The highest BCUT2D eigenvalue weighted by Crippen LogP contribution is 2.22. The summed E-state index contributed by atoms with van der Waals surface area (Å²) in [6, 6.07) is 13.7. The third kappa shape index (κ3) is 6.36. The summed E-state index contributed by atoms with van der Waals surface area (Å²) in [4.78, 5) is 14.5. The summed E-state index contributed by atoms with van der Waals surface area (Å²) in [5.74, 6) is 3.09. The van der Waals surface area contributed by atoms with Crippen molar-refractivity contribution in [3.8, 4) is 5.75 Å². The largest absolute Gasteiger partial charge is 0.496 e. The summed E-state index contributed by atoms with van der Waals surface area (Å²) in [5.41, 5.74) is 5.62. The highest BCUT2D eigenvalue weighted by Gasteiger charge is 2.13. The van der Waals surface area contributed by atoms with Crippen LogP contribution in [0, 0.1) is 0 Å². The minimum Gasteiger partial charge on any atom is -0.496 e. The number of carbonyl (C=O) groups is 1. The second kappa shape index (κ2) is 10.6. The van der Waals surface area contributed by atoms with Crippen LogP contribution in [-0.2, 0) is 17.8 Å². The zero-order valence-corrected chi connectivity index (χ0v) is 18.3. The Hall–Kier alpha value is -1.83. The Morgan fingerprint density at radius 2 is 2.00 bits per heavy atom. The molecule has 3 rings (SSSR count). The number of carbonyl (C=O) groups excluding carboxylic acids is 1. The summed E-state index contributed by atoms with van der Waals surface area (Å²) in [7, 11) is 1.70. The van der Waals surface area contributed by atoms with Gasteiger partial charge >= 0.3 is 0 Å². The molecule has 1 aliphatic rings. The molecule has 2 aromatic carbocycles. The maximum absolute atomic E-state index is 12.1. The first-order chi connectivity index (χ1) is 13.6. The number of benzene rings is 2.